The number of hydrogen-bond donors (Lipinski definition) is 1. The Morgan fingerprint density at radius 3 is 2.72 bits per heavy atom. The van der Waals surface area contributed by atoms with Crippen LogP contribution in [0.4, 0.5) is 11.4 Å². The molecule has 2 aromatic rings. The van der Waals surface area contributed by atoms with E-state index in [1.54, 1.807) is 12.1 Å². The van der Waals surface area contributed by atoms with E-state index in [9.17, 15) is 13.2 Å². The Morgan fingerprint density at radius 1 is 1.24 bits per heavy atom. The van der Waals surface area contributed by atoms with E-state index in [0.717, 1.165) is 10.2 Å². The molecule has 0 aliphatic carbocycles. The quantitative estimate of drug-likeness (QED) is 0.671. The second kappa shape index (κ2) is 8.29. The summed E-state index contributed by atoms with van der Waals surface area (Å²) in [5.74, 6) is 0.0842. The highest BCUT2D eigenvalue weighted by Crippen LogP contribution is 2.35. The Morgan fingerprint density at radius 2 is 2.00 bits per heavy atom. The van der Waals surface area contributed by atoms with E-state index >= 15 is 0 Å². The van der Waals surface area contributed by atoms with Crippen LogP contribution in [0.15, 0.2) is 58.0 Å². The van der Waals surface area contributed by atoms with Crippen LogP contribution in [0.1, 0.15) is 0 Å². The van der Waals surface area contributed by atoms with Gasteiger partial charge in [-0.05, 0) is 42.5 Å². The lowest BCUT2D eigenvalue weighted by Gasteiger charge is -2.26. The Balaban J connectivity index is 1.50. The van der Waals surface area contributed by atoms with Crippen molar-refractivity contribution in [2.75, 3.05) is 27.5 Å². The molecule has 2 aliphatic rings. The average Bonchev–Trinajstić information content (AvgIpc) is 3.13. The van der Waals surface area contributed by atoms with Gasteiger partial charge < -0.3 is 10.2 Å². The first-order valence-electron chi connectivity index (χ1n) is 8.82. The lowest BCUT2D eigenvalue weighted by molar-refractivity contribution is -0.113. The number of aliphatic imine (C=N–C) groups is 1. The summed E-state index contributed by atoms with van der Waals surface area (Å²) in [6, 6.07) is 14.0. The van der Waals surface area contributed by atoms with Crippen molar-refractivity contribution in [1.82, 2.24) is 0 Å². The first-order chi connectivity index (χ1) is 13.8. The van der Waals surface area contributed by atoms with E-state index in [-0.39, 0.29) is 35.2 Å². The molecule has 0 bridgehead atoms. The van der Waals surface area contributed by atoms with Crippen molar-refractivity contribution in [3.05, 3.63) is 58.0 Å². The zero-order chi connectivity index (χ0) is 20.6. The smallest absolute Gasteiger partial charge is 0.234 e. The van der Waals surface area contributed by atoms with E-state index in [1.165, 1.54) is 11.8 Å². The molecule has 2 atom stereocenters. The molecule has 1 N–H and O–H groups in total. The molecule has 10 heteroatoms. The molecule has 1 saturated heterocycles. The number of thioether (sulfide) groups is 1. The number of benzene rings is 2. The predicted octanol–water partition coefficient (Wildman–Crippen LogP) is 3.82. The third-order valence-corrected chi connectivity index (χ3v) is 8.08. The summed E-state index contributed by atoms with van der Waals surface area (Å²) in [6.07, 6.45) is 0. The first-order valence-corrected chi connectivity index (χ1v) is 12.8. The lowest BCUT2D eigenvalue weighted by Crippen LogP contribution is -2.39. The highest BCUT2D eigenvalue weighted by Gasteiger charge is 2.47. The standard InChI is InChI=1S/C19H17BrClN3O3S2/c20-12-4-6-14(7-5-12)22-18(25)9-28-19-23-16-10-29(26,27)11-17(16)24(19)15-3-1-2-13(21)8-15/h1-8,16-17H,9-11H2,(H,22,25)/t16-,17+/m1/s1. The molecule has 0 spiro atoms. The van der Waals surface area contributed by atoms with Gasteiger partial charge in [0.2, 0.25) is 5.91 Å². The monoisotopic (exact) mass is 513 g/mol. The van der Waals surface area contributed by atoms with Crippen LogP contribution >= 0.6 is 39.3 Å². The number of fused-ring (bicyclic) bond motifs is 1. The van der Waals surface area contributed by atoms with Crippen LogP contribution in [0, 0.1) is 0 Å². The Hall–Kier alpha value is -1.55. The van der Waals surface area contributed by atoms with Crippen LogP contribution in [0.3, 0.4) is 0 Å². The van der Waals surface area contributed by atoms with Crippen molar-refractivity contribution in [2.24, 2.45) is 4.99 Å². The SMILES string of the molecule is O=C(CSC1=N[C@@H]2CS(=O)(=O)C[C@@H]2N1c1cccc(Cl)c1)Nc1ccc(Br)cc1. The Bertz CT molecular complexity index is 1080. The zero-order valence-corrected chi connectivity index (χ0v) is 19.1. The number of amides is 1. The van der Waals surface area contributed by atoms with E-state index < -0.39 is 9.84 Å². The largest absolute Gasteiger partial charge is 0.325 e. The van der Waals surface area contributed by atoms with Crippen molar-refractivity contribution >= 4 is 71.6 Å². The maximum absolute atomic E-state index is 12.4. The molecule has 0 saturated carbocycles. The summed E-state index contributed by atoms with van der Waals surface area (Å²) in [4.78, 5) is 18.9. The van der Waals surface area contributed by atoms with Crippen molar-refractivity contribution in [3.8, 4) is 0 Å². The normalized spacial score (nSPS) is 22.3. The Kier molecular flexibility index (Phi) is 5.92. The van der Waals surface area contributed by atoms with Crippen LogP contribution < -0.4 is 10.2 Å². The Labute approximate surface area is 186 Å². The molecule has 1 amide bonds. The highest BCUT2D eigenvalue weighted by atomic mass is 79.9. The fourth-order valence-corrected chi connectivity index (χ4v) is 6.64. The summed E-state index contributed by atoms with van der Waals surface area (Å²) >= 11 is 10.8. The second-order valence-corrected chi connectivity index (χ2v) is 11.3. The van der Waals surface area contributed by atoms with Crippen LogP contribution in [-0.4, -0.2) is 48.8 Å². The molecule has 0 unspecified atom stereocenters. The van der Waals surface area contributed by atoms with Gasteiger partial charge in [0, 0.05) is 20.9 Å². The predicted molar refractivity (Wildman–Crippen MR) is 123 cm³/mol. The molecule has 0 aromatic heterocycles. The molecule has 6 nitrogen and oxygen atoms in total. The zero-order valence-electron chi connectivity index (χ0n) is 15.1. The number of hydrogen-bond acceptors (Lipinski definition) is 6. The van der Waals surface area contributed by atoms with Gasteiger partial charge in [0.1, 0.15) is 0 Å². The van der Waals surface area contributed by atoms with Crippen molar-refractivity contribution in [1.29, 1.82) is 0 Å². The van der Waals surface area contributed by atoms with Crippen LogP contribution in [-0.2, 0) is 14.6 Å². The molecule has 0 radical (unpaired) electrons. The van der Waals surface area contributed by atoms with Gasteiger partial charge in [0.15, 0.2) is 15.0 Å². The number of nitrogens with one attached hydrogen (secondary N) is 1. The van der Waals surface area contributed by atoms with Gasteiger partial charge >= 0.3 is 0 Å². The number of amidine groups is 1. The molecular weight excluding hydrogens is 498 g/mol. The molecule has 2 aromatic carbocycles. The van der Waals surface area contributed by atoms with Gasteiger partial charge in [-0.1, -0.05) is 45.4 Å². The fourth-order valence-electron chi connectivity index (χ4n) is 3.42. The van der Waals surface area contributed by atoms with Crippen LogP contribution in [0.25, 0.3) is 0 Å². The second-order valence-electron chi connectivity index (χ2n) is 6.82. The van der Waals surface area contributed by atoms with Crippen molar-refractivity contribution in [2.45, 2.75) is 12.1 Å². The summed E-state index contributed by atoms with van der Waals surface area (Å²) in [5, 5.41) is 4.05. The molecule has 1 fully saturated rings. The number of nitrogens with zero attached hydrogens (tertiary/aromatic N) is 2. The van der Waals surface area contributed by atoms with Gasteiger partial charge in [-0.2, -0.15) is 0 Å². The summed E-state index contributed by atoms with van der Waals surface area (Å²) in [7, 11) is -3.13. The fraction of sp³-hybridized carbons (Fsp3) is 0.263. The van der Waals surface area contributed by atoms with Crippen molar-refractivity contribution < 1.29 is 13.2 Å². The van der Waals surface area contributed by atoms with E-state index in [4.69, 9.17) is 11.6 Å². The highest BCUT2D eigenvalue weighted by molar-refractivity contribution is 9.10. The summed E-state index contributed by atoms with van der Waals surface area (Å²) in [6.45, 7) is 0. The summed E-state index contributed by atoms with van der Waals surface area (Å²) in [5.41, 5.74) is 1.49. The van der Waals surface area contributed by atoms with Crippen molar-refractivity contribution in [3.63, 3.8) is 0 Å². The topological polar surface area (TPSA) is 78.8 Å². The molecule has 4 rings (SSSR count). The number of anilines is 2. The van der Waals surface area contributed by atoms with Gasteiger partial charge in [0.25, 0.3) is 0 Å². The molecule has 152 valence electrons. The van der Waals surface area contributed by atoms with E-state index in [1.807, 2.05) is 41.3 Å². The molecule has 29 heavy (non-hydrogen) atoms. The lowest BCUT2D eigenvalue weighted by atomic mass is 10.1. The summed E-state index contributed by atoms with van der Waals surface area (Å²) < 4.78 is 25.1. The molecule has 2 aliphatic heterocycles. The number of carbonyl (C=O) groups is 1. The average molecular weight is 515 g/mol. The van der Waals surface area contributed by atoms with E-state index in [0.29, 0.717) is 15.9 Å². The minimum absolute atomic E-state index is 0.0316. The van der Waals surface area contributed by atoms with Gasteiger partial charge in [0.05, 0.1) is 29.3 Å². The van der Waals surface area contributed by atoms with Gasteiger partial charge in [-0.3, -0.25) is 9.79 Å². The molecular formula is C19H17BrClN3O3S2. The number of carbonyl (C=O) groups excluding carboxylic acids is 1. The van der Waals surface area contributed by atoms with Gasteiger partial charge in [-0.25, -0.2) is 8.42 Å². The maximum atomic E-state index is 12.4. The number of sulfone groups is 1. The van der Waals surface area contributed by atoms with E-state index in [2.05, 4.69) is 26.2 Å². The molecule has 2 heterocycles. The first kappa shape index (κ1) is 20.7. The number of rotatable bonds is 4. The maximum Gasteiger partial charge on any atom is 0.234 e. The third-order valence-electron chi connectivity index (χ3n) is 4.65. The van der Waals surface area contributed by atoms with Crippen LogP contribution in [0.5, 0.6) is 0 Å². The van der Waals surface area contributed by atoms with Gasteiger partial charge in [-0.15, -0.1) is 0 Å². The minimum Gasteiger partial charge on any atom is -0.325 e. The third kappa shape index (κ3) is 4.79. The van der Waals surface area contributed by atoms with Crippen LogP contribution in [0.2, 0.25) is 5.02 Å². The number of halogens is 2. The minimum atomic E-state index is -3.13.